The summed E-state index contributed by atoms with van der Waals surface area (Å²) < 4.78 is 10.3. The average Bonchev–Trinajstić information content (AvgIpc) is 1.97. The highest BCUT2D eigenvalue weighted by Gasteiger charge is 1.86. The van der Waals surface area contributed by atoms with Crippen molar-refractivity contribution in [1.29, 1.82) is 0 Å². The van der Waals surface area contributed by atoms with Gasteiger partial charge < -0.3 is 9.47 Å². The highest BCUT2D eigenvalue weighted by molar-refractivity contribution is 7.99. The Labute approximate surface area is 67.3 Å². The van der Waals surface area contributed by atoms with E-state index in [0.29, 0.717) is 0 Å². The van der Waals surface area contributed by atoms with Crippen LogP contribution < -0.4 is 0 Å². The molecular weight excluding hydrogens is 148 g/mol. The van der Waals surface area contributed by atoms with Gasteiger partial charge >= 0.3 is 0 Å². The van der Waals surface area contributed by atoms with Crippen molar-refractivity contribution in [3.05, 3.63) is 0 Å². The van der Waals surface area contributed by atoms with Gasteiger partial charge in [0.05, 0.1) is 19.2 Å². The van der Waals surface area contributed by atoms with E-state index in [9.17, 15) is 0 Å². The highest BCUT2D eigenvalue weighted by Crippen LogP contribution is 1.97. The summed E-state index contributed by atoms with van der Waals surface area (Å²) in [5.41, 5.74) is 0. The van der Waals surface area contributed by atoms with E-state index in [4.69, 9.17) is 9.47 Å². The quantitative estimate of drug-likeness (QED) is 0.422. The van der Waals surface area contributed by atoms with E-state index in [-0.39, 0.29) is 0 Å². The second kappa shape index (κ2) is 9.27. The van der Waals surface area contributed by atoms with Gasteiger partial charge in [-0.25, -0.2) is 0 Å². The Kier molecular flexibility index (Phi) is 9.52. The summed E-state index contributed by atoms with van der Waals surface area (Å²) in [7, 11) is 0. The molecule has 0 aliphatic heterocycles. The zero-order valence-corrected chi connectivity index (χ0v) is 7.58. The van der Waals surface area contributed by atoms with E-state index in [0.717, 1.165) is 31.5 Å². The summed E-state index contributed by atoms with van der Waals surface area (Å²) in [6.45, 7) is 6.34. The smallest absolute Gasteiger partial charge is 0.0921 e. The molecule has 0 aliphatic rings. The van der Waals surface area contributed by atoms with E-state index in [1.54, 1.807) is 11.8 Å². The number of hydrogen-bond acceptors (Lipinski definition) is 3. The summed E-state index contributed by atoms with van der Waals surface area (Å²) in [6.07, 6.45) is 0. The SMILES string of the molecule is CCOCCOCSCC. The van der Waals surface area contributed by atoms with Gasteiger partial charge in [-0.1, -0.05) is 6.92 Å². The Morgan fingerprint density at radius 2 is 1.80 bits per heavy atom. The van der Waals surface area contributed by atoms with Crippen molar-refractivity contribution < 1.29 is 9.47 Å². The maximum Gasteiger partial charge on any atom is 0.0921 e. The van der Waals surface area contributed by atoms with Crippen LogP contribution >= 0.6 is 11.8 Å². The molecule has 10 heavy (non-hydrogen) atoms. The van der Waals surface area contributed by atoms with Gasteiger partial charge in [0.25, 0.3) is 0 Å². The Morgan fingerprint density at radius 3 is 2.40 bits per heavy atom. The Morgan fingerprint density at radius 1 is 1.10 bits per heavy atom. The molecule has 62 valence electrons. The largest absolute Gasteiger partial charge is 0.379 e. The van der Waals surface area contributed by atoms with Crippen LogP contribution in [0.25, 0.3) is 0 Å². The molecule has 0 aliphatic carbocycles. The van der Waals surface area contributed by atoms with E-state index in [1.165, 1.54) is 0 Å². The van der Waals surface area contributed by atoms with Crippen LogP contribution in [0.15, 0.2) is 0 Å². The molecule has 0 amide bonds. The van der Waals surface area contributed by atoms with Gasteiger partial charge in [-0.3, -0.25) is 0 Å². The van der Waals surface area contributed by atoms with Gasteiger partial charge in [0, 0.05) is 6.61 Å². The Hall–Kier alpha value is 0.270. The third-order valence-corrected chi connectivity index (χ3v) is 1.69. The zero-order valence-electron chi connectivity index (χ0n) is 6.76. The monoisotopic (exact) mass is 164 g/mol. The van der Waals surface area contributed by atoms with E-state index < -0.39 is 0 Å². The first-order chi connectivity index (χ1) is 4.91. The number of thioether (sulfide) groups is 1. The van der Waals surface area contributed by atoms with Gasteiger partial charge in [0.15, 0.2) is 0 Å². The summed E-state index contributed by atoms with van der Waals surface area (Å²) in [6, 6.07) is 0. The molecule has 0 fully saturated rings. The summed E-state index contributed by atoms with van der Waals surface area (Å²) in [5, 5.41) is 0. The molecule has 0 bridgehead atoms. The normalized spacial score (nSPS) is 10.2. The van der Waals surface area contributed by atoms with Crippen LogP contribution in [0.2, 0.25) is 0 Å². The zero-order chi connectivity index (χ0) is 7.66. The maximum atomic E-state index is 5.21. The fourth-order valence-corrected chi connectivity index (χ4v) is 0.866. The van der Waals surface area contributed by atoms with Gasteiger partial charge in [0.1, 0.15) is 0 Å². The maximum absolute atomic E-state index is 5.21. The van der Waals surface area contributed by atoms with Crippen molar-refractivity contribution in [2.24, 2.45) is 0 Å². The Balaban J connectivity index is 2.65. The lowest BCUT2D eigenvalue weighted by Gasteiger charge is -2.01. The second-order valence-corrected chi connectivity index (χ2v) is 2.94. The van der Waals surface area contributed by atoms with Crippen molar-refractivity contribution in [2.45, 2.75) is 13.8 Å². The minimum atomic E-state index is 0.723. The molecule has 0 aromatic rings. The van der Waals surface area contributed by atoms with E-state index in [2.05, 4.69) is 6.92 Å². The summed E-state index contributed by atoms with van der Waals surface area (Å²) >= 11 is 1.79. The van der Waals surface area contributed by atoms with Crippen LogP contribution in [0.1, 0.15) is 13.8 Å². The van der Waals surface area contributed by atoms with E-state index in [1.807, 2.05) is 6.92 Å². The minimum absolute atomic E-state index is 0.723. The van der Waals surface area contributed by atoms with Gasteiger partial charge in [-0.05, 0) is 12.7 Å². The van der Waals surface area contributed by atoms with E-state index >= 15 is 0 Å². The van der Waals surface area contributed by atoms with Crippen molar-refractivity contribution in [3.8, 4) is 0 Å². The minimum Gasteiger partial charge on any atom is -0.379 e. The van der Waals surface area contributed by atoms with Crippen molar-refractivity contribution >= 4 is 11.8 Å². The topological polar surface area (TPSA) is 18.5 Å². The van der Waals surface area contributed by atoms with Crippen molar-refractivity contribution in [3.63, 3.8) is 0 Å². The first kappa shape index (κ1) is 10.3. The molecular formula is C7H16O2S. The Bertz CT molecular complexity index is 51.6. The van der Waals surface area contributed by atoms with Crippen LogP contribution in [0, 0.1) is 0 Å². The third-order valence-electron chi connectivity index (χ3n) is 0.947. The molecule has 0 aromatic carbocycles. The molecule has 0 heterocycles. The summed E-state index contributed by atoms with van der Waals surface area (Å²) in [5.74, 6) is 1.91. The molecule has 0 rings (SSSR count). The molecule has 2 nitrogen and oxygen atoms in total. The number of rotatable bonds is 7. The lowest BCUT2D eigenvalue weighted by atomic mass is 10.7. The van der Waals surface area contributed by atoms with Crippen LogP contribution in [-0.2, 0) is 9.47 Å². The fraction of sp³-hybridized carbons (Fsp3) is 1.00. The van der Waals surface area contributed by atoms with Gasteiger partial charge in [-0.15, -0.1) is 11.8 Å². The second-order valence-electron chi connectivity index (χ2n) is 1.72. The van der Waals surface area contributed by atoms with Crippen LogP contribution in [0.4, 0.5) is 0 Å². The molecule has 0 saturated heterocycles. The summed E-state index contributed by atoms with van der Waals surface area (Å²) in [4.78, 5) is 0. The van der Waals surface area contributed by atoms with Crippen LogP contribution in [0.5, 0.6) is 0 Å². The van der Waals surface area contributed by atoms with Crippen LogP contribution in [-0.4, -0.2) is 31.5 Å². The lowest BCUT2D eigenvalue weighted by Crippen LogP contribution is -2.03. The van der Waals surface area contributed by atoms with Crippen molar-refractivity contribution in [2.75, 3.05) is 31.5 Å². The molecule has 0 N–H and O–H groups in total. The number of ether oxygens (including phenoxy) is 2. The average molecular weight is 164 g/mol. The molecule has 0 unspecified atom stereocenters. The highest BCUT2D eigenvalue weighted by atomic mass is 32.2. The standard InChI is InChI=1S/C7H16O2S/c1-3-8-5-6-9-7-10-4-2/h3-7H2,1-2H3. The molecule has 0 radical (unpaired) electrons. The first-order valence-electron chi connectivity index (χ1n) is 3.65. The first-order valence-corrected chi connectivity index (χ1v) is 4.80. The molecule has 0 spiro atoms. The number of hydrogen-bond donors (Lipinski definition) is 0. The molecule has 0 atom stereocenters. The predicted molar refractivity (Wildman–Crippen MR) is 45.4 cm³/mol. The van der Waals surface area contributed by atoms with Gasteiger partial charge in [0.2, 0.25) is 0 Å². The third kappa shape index (κ3) is 8.27. The molecule has 3 heteroatoms. The van der Waals surface area contributed by atoms with Gasteiger partial charge in [-0.2, -0.15) is 0 Å². The predicted octanol–water partition coefficient (Wildman–Crippen LogP) is 1.75. The van der Waals surface area contributed by atoms with Crippen molar-refractivity contribution in [1.82, 2.24) is 0 Å². The lowest BCUT2D eigenvalue weighted by molar-refractivity contribution is 0.0721. The molecule has 0 saturated carbocycles. The fourth-order valence-electron chi connectivity index (χ4n) is 0.463. The molecule has 0 aromatic heterocycles. The van der Waals surface area contributed by atoms with Crippen LogP contribution in [0.3, 0.4) is 0 Å².